The number of aromatic nitrogens is 1. The first-order valence-corrected chi connectivity index (χ1v) is 6.00. The number of halogens is 1. The zero-order chi connectivity index (χ0) is 13.1. The van der Waals surface area contributed by atoms with Crippen molar-refractivity contribution in [3.8, 4) is 0 Å². The lowest BCUT2D eigenvalue weighted by Crippen LogP contribution is -2.16. The van der Waals surface area contributed by atoms with Gasteiger partial charge in [0.25, 0.3) is 0 Å². The first kappa shape index (κ1) is 12.7. The third-order valence-corrected chi connectivity index (χ3v) is 3.09. The van der Waals surface area contributed by atoms with Gasteiger partial charge in [-0.3, -0.25) is 4.98 Å². The molecule has 0 fully saturated rings. The molecule has 1 atom stereocenters. The molecule has 2 N–H and O–H groups in total. The summed E-state index contributed by atoms with van der Waals surface area (Å²) in [4.78, 5) is 4.29. The van der Waals surface area contributed by atoms with Crippen LogP contribution in [0.5, 0.6) is 0 Å². The van der Waals surface area contributed by atoms with Gasteiger partial charge in [0.2, 0.25) is 0 Å². The molecule has 0 aliphatic rings. The lowest BCUT2D eigenvalue weighted by atomic mass is 9.99. The van der Waals surface area contributed by atoms with E-state index in [1.165, 1.54) is 6.07 Å². The van der Waals surface area contributed by atoms with Gasteiger partial charge in [-0.2, -0.15) is 0 Å². The van der Waals surface area contributed by atoms with Crippen LogP contribution in [0.15, 0.2) is 36.5 Å². The molecular weight excluding hydrogens is 227 g/mol. The molecule has 0 aliphatic carbocycles. The molecule has 18 heavy (non-hydrogen) atoms. The van der Waals surface area contributed by atoms with Gasteiger partial charge >= 0.3 is 0 Å². The molecule has 0 radical (unpaired) electrons. The maximum Gasteiger partial charge on any atom is 0.128 e. The van der Waals surface area contributed by atoms with Gasteiger partial charge < -0.3 is 5.73 Å². The fraction of sp³-hybridized carbons (Fsp3) is 0.267. The molecular formula is C15H17FN2. The fourth-order valence-electron chi connectivity index (χ4n) is 1.98. The topological polar surface area (TPSA) is 38.9 Å². The molecule has 0 spiro atoms. The second-order valence-corrected chi connectivity index (χ2v) is 4.60. The van der Waals surface area contributed by atoms with Crippen molar-refractivity contribution in [2.24, 2.45) is 5.73 Å². The van der Waals surface area contributed by atoms with Crippen molar-refractivity contribution >= 4 is 0 Å². The second kappa shape index (κ2) is 5.27. The molecule has 2 rings (SSSR count). The van der Waals surface area contributed by atoms with Gasteiger partial charge in [0, 0.05) is 29.9 Å². The van der Waals surface area contributed by atoms with E-state index >= 15 is 0 Å². The summed E-state index contributed by atoms with van der Waals surface area (Å²) in [5.41, 5.74) is 9.52. The number of nitrogens with two attached hydrogens (primary N) is 1. The van der Waals surface area contributed by atoms with Crippen LogP contribution in [0, 0.1) is 19.7 Å². The van der Waals surface area contributed by atoms with Crippen molar-refractivity contribution in [1.29, 1.82) is 0 Å². The van der Waals surface area contributed by atoms with E-state index in [-0.39, 0.29) is 11.9 Å². The smallest absolute Gasteiger partial charge is 0.128 e. The molecule has 0 amide bonds. The van der Waals surface area contributed by atoms with Crippen molar-refractivity contribution in [1.82, 2.24) is 4.98 Å². The summed E-state index contributed by atoms with van der Waals surface area (Å²) in [5, 5.41) is 0. The highest BCUT2D eigenvalue weighted by Crippen LogP contribution is 2.20. The minimum absolute atomic E-state index is 0.240. The molecule has 1 heterocycles. The van der Waals surface area contributed by atoms with Gasteiger partial charge in [0.1, 0.15) is 5.82 Å². The molecule has 0 saturated carbocycles. The lowest BCUT2D eigenvalue weighted by Gasteiger charge is -2.14. The highest BCUT2D eigenvalue weighted by Gasteiger charge is 2.13. The number of hydrogen-bond acceptors (Lipinski definition) is 2. The number of pyridine rings is 1. The molecule has 2 nitrogen and oxygen atoms in total. The summed E-state index contributed by atoms with van der Waals surface area (Å²) in [7, 11) is 0. The van der Waals surface area contributed by atoms with Gasteiger partial charge in [-0.05, 0) is 37.1 Å². The molecule has 0 bridgehead atoms. The van der Waals surface area contributed by atoms with Crippen LogP contribution in [0.2, 0.25) is 0 Å². The van der Waals surface area contributed by atoms with E-state index in [1.807, 2.05) is 32.0 Å². The molecule has 0 aliphatic heterocycles. The molecule has 2 aromatic rings. The van der Waals surface area contributed by atoms with Crippen molar-refractivity contribution in [2.75, 3.05) is 0 Å². The number of benzene rings is 1. The third kappa shape index (κ3) is 2.74. The van der Waals surface area contributed by atoms with Crippen molar-refractivity contribution in [3.63, 3.8) is 0 Å². The highest BCUT2D eigenvalue weighted by atomic mass is 19.1. The van der Waals surface area contributed by atoms with Gasteiger partial charge in [0.05, 0.1) is 0 Å². The van der Waals surface area contributed by atoms with Gasteiger partial charge in [-0.15, -0.1) is 0 Å². The average molecular weight is 244 g/mol. The van der Waals surface area contributed by atoms with Crippen molar-refractivity contribution in [3.05, 3.63) is 64.7 Å². The van der Waals surface area contributed by atoms with Crippen LogP contribution in [0.25, 0.3) is 0 Å². The van der Waals surface area contributed by atoms with Gasteiger partial charge in [-0.1, -0.05) is 18.2 Å². The predicted molar refractivity (Wildman–Crippen MR) is 70.7 cm³/mol. The Balaban J connectivity index is 2.22. The number of aryl methyl sites for hydroxylation is 2. The van der Waals surface area contributed by atoms with Crippen LogP contribution in [0.1, 0.15) is 28.4 Å². The van der Waals surface area contributed by atoms with Crippen LogP contribution in [0.3, 0.4) is 0 Å². The SMILES string of the molecule is Cc1ccc(C(N)Cc2ncccc2C)c(F)c1. The quantitative estimate of drug-likeness (QED) is 0.901. The number of rotatable bonds is 3. The molecule has 1 aromatic carbocycles. The molecule has 1 aromatic heterocycles. The largest absolute Gasteiger partial charge is 0.324 e. The third-order valence-electron chi connectivity index (χ3n) is 3.09. The van der Waals surface area contributed by atoms with Crippen molar-refractivity contribution in [2.45, 2.75) is 26.3 Å². The minimum atomic E-state index is -0.362. The number of nitrogens with zero attached hydrogens (tertiary/aromatic N) is 1. The Kier molecular flexibility index (Phi) is 3.72. The zero-order valence-corrected chi connectivity index (χ0v) is 10.7. The Morgan fingerprint density at radius 2 is 2.06 bits per heavy atom. The van der Waals surface area contributed by atoms with Gasteiger partial charge in [-0.25, -0.2) is 4.39 Å². The first-order valence-electron chi connectivity index (χ1n) is 6.00. The fourth-order valence-corrected chi connectivity index (χ4v) is 1.98. The van der Waals surface area contributed by atoms with E-state index in [9.17, 15) is 4.39 Å². The lowest BCUT2D eigenvalue weighted by molar-refractivity contribution is 0.576. The van der Waals surface area contributed by atoms with Crippen LogP contribution in [-0.2, 0) is 6.42 Å². The molecule has 3 heteroatoms. The Labute approximate surface area is 107 Å². The second-order valence-electron chi connectivity index (χ2n) is 4.60. The van der Waals surface area contributed by atoms with Gasteiger partial charge in [0.15, 0.2) is 0 Å². The van der Waals surface area contributed by atoms with E-state index in [2.05, 4.69) is 4.98 Å². The summed E-state index contributed by atoms with van der Waals surface area (Å²) in [6, 6.07) is 8.66. The predicted octanol–water partition coefficient (Wildman–Crippen LogP) is 3.08. The molecule has 0 saturated heterocycles. The van der Waals surface area contributed by atoms with Crippen molar-refractivity contribution < 1.29 is 4.39 Å². The normalized spacial score (nSPS) is 12.4. The van der Waals surface area contributed by atoms with E-state index < -0.39 is 0 Å². The van der Waals surface area contributed by atoms with E-state index in [0.717, 1.165) is 16.8 Å². The highest BCUT2D eigenvalue weighted by molar-refractivity contribution is 5.28. The Bertz CT molecular complexity index is 552. The maximum absolute atomic E-state index is 13.8. The standard InChI is InChI=1S/C15H17FN2/c1-10-5-6-12(13(16)8-10)14(17)9-15-11(2)4-3-7-18-15/h3-8,14H,9,17H2,1-2H3. The zero-order valence-electron chi connectivity index (χ0n) is 10.7. The van der Waals surface area contributed by atoms with Crippen LogP contribution < -0.4 is 5.73 Å². The molecule has 94 valence electrons. The summed E-state index contributed by atoms with van der Waals surface area (Å²) < 4.78 is 13.8. The Hall–Kier alpha value is -1.74. The summed E-state index contributed by atoms with van der Waals surface area (Å²) in [6.07, 6.45) is 2.28. The first-order chi connectivity index (χ1) is 8.58. The average Bonchev–Trinajstić information content (AvgIpc) is 2.32. The van der Waals surface area contributed by atoms with Crippen LogP contribution >= 0.6 is 0 Å². The minimum Gasteiger partial charge on any atom is -0.324 e. The summed E-state index contributed by atoms with van der Waals surface area (Å²) in [5.74, 6) is -0.240. The molecule has 1 unspecified atom stereocenters. The van der Waals surface area contributed by atoms with E-state index in [0.29, 0.717) is 12.0 Å². The van der Waals surface area contributed by atoms with E-state index in [4.69, 9.17) is 5.73 Å². The van der Waals surface area contributed by atoms with Crippen LogP contribution in [-0.4, -0.2) is 4.98 Å². The Morgan fingerprint density at radius 3 is 2.72 bits per heavy atom. The van der Waals surface area contributed by atoms with Crippen LogP contribution in [0.4, 0.5) is 4.39 Å². The summed E-state index contributed by atoms with van der Waals surface area (Å²) in [6.45, 7) is 3.85. The Morgan fingerprint density at radius 1 is 1.28 bits per heavy atom. The maximum atomic E-state index is 13.8. The number of hydrogen-bond donors (Lipinski definition) is 1. The summed E-state index contributed by atoms with van der Waals surface area (Å²) >= 11 is 0. The van der Waals surface area contributed by atoms with E-state index in [1.54, 1.807) is 12.3 Å². The monoisotopic (exact) mass is 244 g/mol.